The Morgan fingerprint density at radius 2 is 2.00 bits per heavy atom. The van der Waals surface area contributed by atoms with Gasteiger partial charge in [-0.1, -0.05) is 29.3 Å². The highest BCUT2D eigenvalue weighted by Crippen LogP contribution is 2.28. The zero-order chi connectivity index (χ0) is 14.5. The van der Waals surface area contributed by atoms with Crippen LogP contribution in [0.5, 0.6) is 0 Å². The van der Waals surface area contributed by atoms with Crippen LogP contribution in [0.4, 0.5) is 11.5 Å². The predicted octanol–water partition coefficient (Wildman–Crippen LogP) is 4.99. The van der Waals surface area contributed by atoms with Gasteiger partial charge < -0.3 is 10.6 Å². The summed E-state index contributed by atoms with van der Waals surface area (Å²) in [5.41, 5.74) is 2.01. The Kier molecular flexibility index (Phi) is 5.10. The molecular formula is C15H17Cl2N3. The van der Waals surface area contributed by atoms with Crippen molar-refractivity contribution in [2.24, 2.45) is 0 Å². The maximum atomic E-state index is 6.22. The lowest BCUT2D eigenvalue weighted by molar-refractivity contribution is 0.884. The van der Waals surface area contributed by atoms with E-state index in [2.05, 4.69) is 22.5 Å². The van der Waals surface area contributed by atoms with Gasteiger partial charge in [-0.2, -0.15) is 0 Å². The Bertz CT molecular complexity index is 587. The lowest BCUT2D eigenvalue weighted by Crippen LogP contribution is -2.08. The molecule has 0 bridgehead atoms. The van der Waals surface area contributed by atoms with E-state index >= 15 is 0 Å². The van der Waals surface area contributed by atoms with E-state index < -0.39 is 0 Å². The molecule has 2 aromatic rings. The number of benzene rings is 1. The molecule has 2 N–H and O–H groups in total. The number of nitrogens with one attached hydrogen (secondary N) is 2. The summed E-state index contributed by atoms with van der Waals surface area (Å²) < 4.78 is 0. The number of aromatic nitrogens is 1. The quantitative estimate of drug-likeness (QED) is 0.816. The molecule has 0 saturated carbocycles. The molecule has 5 heteroatoms. The molecule has 0 aliphatic heterocycles. The number of pyridine rings is 1. The van der Waals surface area contributed by atoms with Gasteiger partial charge in [0.05, 0.1) is 0 Å². The summed E-state index contributed by atoms with van der Waals surface area (Å²) in [5, 5.41) is 7.90. The van der Waals surface area contributed by atoms with Crippen LogP contribution in [0.15, 0.2) is 36.5 Å². The van der Waals surface area contributed by atoms with Gasteiger partial charge in [0.25, 0.3) is 0 Å². The van der Waals surface area contributed by atoms with Crippen molar-refractivity contribution in [2.45, 2.75) is 19.9 Å². The maximum absolute atomic E-state index is 6.22. The van der Waals surface area contributed by atoms with E-state index in [1.165, 1.54) is 0 Å². The van der Waals surface area contributed by atoms with Crippen molar-refractivity contribution in [2.75, 3.05) is 17.2 Å². The van der Waals surface area contributed by atoms with Crippen molar-refractivity contribution in [3.05, 3.63) is 52.1 Å². The summed E-state index contributed by atoms with van der Waals surface area (Å²) in [6, 6.07) is 9.53. The third-order valence-electron chi connectivity index (χ3n) is 2.93. The van der Waals surface area contributed by atoms with Crippen molar-refractivity contribution in [1.29, 1.82) is 0 Å². The lowest BCUT2D eigenvalue weighted by atomic mass is 10.1. The first-order chi connectivity index (χ1) is 9.60. The molecule has 1 aromatic carbocycles. The van der Waals surface area contributed by atoms with Crippen LogP contribution < -0.4 is 10.6 Å². The number of anilines is 2. The van der Waals surface area contributed by atoms with Gasteiger partial charge in [0.15, 0.2) is 0 Å². The fraction of sp³-hybridized carbons (Fsp3) is 0.267. The first-order valence-electron chi connectivity index (χ1n) is 6.51. The van der Waals surface area contributed by atoms with Gasteiger partial charge in [-0.3, -0.25) is 0 Å². The number of hydrogen-bond acceptors (Lipinski definition) is 3. The molecule has 2 rings (SSSR count). The number of halogens is 2. The summed E-state index contributed by atoms with van der Waals surface area (Å²) >= 11 is 12.1. The van der Waals surface area contributed by atoms with Crippen LogP contribution in [-0.2, 0) is 0 Å². The van der Waals surface area contributed by atoms with Crippen LogP contribution in [0.2, 0.25) is 10.0 Å². The van der Waals surface area contributed by atoms with E-state index in [-0.39, 0.29) is 6.04 Å². The standard InChI is InChI=1S/C15H17Cl2N3/c1-3-18-15-9-12(6-7-19-15)20-10(2)13-5-4-11(16)8-14(13)17/h4-10H,3H2,1-2H3,(H2,18,19,20). The molecule has 3 nitrogen and oxygen atoms in total. The average molecular weight is 310 g/mol. The first-order valence-corrected chi connectivity index (χ1v) is 7.27. The third-order valence-corrected chi connectivity index (χ3v) is 3.49. The molecule has 1 heterocycles. The number of hydrogen-bond donors (Lipinski definition) is 2. The normalized spacial score (nSPS) is 12.0. The molecule has 0 spiro atoms. The predicted molar refractivity (Wildman–Crippen MR) is 86.9 cm³/mol. The summed E-state index contributed by atoms with van der Waals surface area (Å²) in [7, 11) is 0. The zero-order valence-electron chi connectivity index (χ0n) is 11.5. The Hall–Kier alpha value is -1.45. The minimum absolute atomic E-state index is 0.0802. The third kappa shape index (κ3) is 3.78. The second-order valence-electron chi connectivity index (χ2n) is 4.49. The van der Waals surface area contributed by atoms with Crippen molar-refractivity contribution in [3.8, 4) is 0 Å². The minimum Gasteiger partial charge on any atom is -0.378 e. The number of nitrogens with zero attached hydrogens (tertiary/aromatic N) is 1. The lowest BCUT2D eigenvalue weighted by Gasteiger charge is -2.17. The van der Waals surface area contributed by atoms with E-state index in [4.69, 9.17) is 23.2 Å². The smallest absolute Gasteiger partial charge is 0.127 e. The molecule has 1 aromatic heterocycles. The highest BCUT2D eigenvalue weighted by Gasteiger charge is 2.10. The molecule has 0 aliphatic rings. The number of rotatable bonds is 5. The molecule has 0 saturated heterocycles. The van der Waals surface area contributed by atoms with Crippen molar-refractivity contribution < 1.29 is 0 Å². The molecule has 1 unspecified atom stereocenters. The maximum Gasteiger partial charge on any atom is 0.127 e. The van der Waals surface area contributed by atoms with Crippen LogP contribution in [0.25, 0.3) is 0 Å². The van der Waals surface area contributed by atoms with Gasteiger partial charge in [0, 0.05) is 40.6 Å². The van der Waals surface area contributed by atoms with Crippen molar-refractivity contribution >= 4 is 34.7 Å². The van der Waals surface area contributed by atoms with Crippen LogP contribution in [0, 0.1) is 0 Å². The van der Waals surface area contributed by atoms with E-state index in [9.17, 15) is 0 Å². The van der Waals surface area contributed by atoms with Crippen LogP contribution in [0.3, 0.4) is 0 Å². The second-order valence-corrected chi connectivity index (χ2v) is 5.34. The molecule has 0 aliphatic carbocycles. The largest absolute Gasteiger partial charge is 0.378 e. The molecule has 0 fully saturated rings. The fourth-order valence-corrected chi connectivity index (χ4v) is 2.55. The van der Waals surface area contributed by atoms with Crippen LogP contribution in [0.1, 0.15) is 25.5 Å². The van der Waals surface area contributed by atoms with E-state index in [0.29, 0.717) is 10.0 Å². The summed E-state index contributed by atoms with van der Waals surface area (Å²) in [6.07, 6.45) is 1.77. The van der Waals surface area contributed by atoms with Crippen molar-refractivity contribution in [1.82, 2.24) is 4.98 Å². The van der Waals surface area contributed by atoms with Crippen molar-refractivity contribution in [3.63, 3.8) is 0 Å². The highest BCUT2D eigenvalue weighted by molar-refractivity contribution is 6.35. The zero-order valence-corrected chi connectivity index (χ0v) is 13.0. The second kappa shape index (κ2) is 6.82. The van der Waals surface area contributed by atoms with E-state index in [1.807, 2.05) is 31.2 Å². The first kappa shape index (κ1) is 14.9. The van der Waals surface area contributed by atoms with E-state index in [1.54, 1.807) is 12.3 Å². The molecule has 106 valence electrons. The molecule has 0 amide bonds. The van der Waals surface area contributed by atoms with Gasteiger partial charge in [-0.15, -0.1) is 0 Å². The SMILES string of the molecule is CCNc1cc(NC(C)c2ccc(Cl)cc2Cl)ccn1. The van der Waals surface area contributed by atoms with Gasteiger partial charge in [0.1, 0.15) is 5.82 Å². The van der Waals surface area contributed by atoms with E-state index in [0.717, 1.165) is 23.6 Å². The van der Waals surface area contributed by atoms with Gasteiger partial charge >= 0.3 is 0 Å². The summed E-state index contributed by atoms with van der Waals surface area (Å²) in [6.45, 7) is 4.94. The molecular weight excluding hydrogens is 293 g/mol. The summed E-state index contributed by atoms with van der Waals surface area (Å²) in [5.74, 6) is 0.854. The van der Waals surface area contributed by atoms with Gasteiger partial charge in [0.2, 0.25) is 0 Å². The fourth-order valence-electron chi connectivity index (χ4n) is 1.98. The molecule has 0 radical (unpaired) electrons. The molecule has 20 heavy (non-hydrogen) atoms. The van der Waals surface area contributed by atoms with Gasteiger partial charge in [-0.25, -0.2) is 4.98 Å². The van der Waals surface area contributed by atoms with Crippen LogP contribution in [-0.4, -0.2) is 11.5 Å². The monoisotopic (exact) mass is 309 g/mol. The summed E-state index contributed by atoms with van der Waals surface area (Å²) in [4.78, 5) is 4.24. The Morgan fingerprint density at radius 1 is 1.20 bits per heavy atom. The topological polar surface area (TPSA) is 37.0 Å². The Labute approximate surface area is 129 Å². The van der Waals surface area contributed by atoms with Crippen LogP contribution >= 0.6 is 23.2 Å². The Balaban J connectivity index is 2.14. The highest BCUT2D eigenvalue weighted by atomic mass is 35.5. The van der Waals surface area contributed by atoms with Gasteiger partial charge in [-0.05, 0) is 37.6 Å². The Morgan fingerprint density at radius 3 is 2.70 bits per heavy atom. The average Bonchev–Trinajstić information content (AvgIpc) is 2.39. The molecule has 1 atom stereocenters. The minimum atomic E-state index is 0.0802.